The molecular formula is C21H18Cl2N2O3S. The lowest BCUT2D eigenvalue weighted by atomic mass is 10.2. The Morgan fingerprint density at radius 1 is 0.931 bits per heavy atom. The highest BCUT2D eigenvalue weighted by Crippen LogP contribution is 2.33. The van der Waals surface area contributed by atoms with E-state index in [2.05, 4.69) is 10.6 Å². The van der Waals surface area contributed by atoms with Gasteiger partial charge in [-0.15, -0.1) is 0 Å². The van der Waals surface area contributed by atoms with Gasteiger partial charge < -0.3 is 10.6 Å². The molecule has 8 heteroatoms. The van der Waals surface area contributed by atoms with Crippen LogP contribution in [0.3, 0.4) is 0 Å². The van der Waals surface area contributed by atoms with Crippen LogP contribution in [-0.4, -0.2) is 20.9 Å². The summed E-state index contributed by atoms with van der Waals surface area (Å²) >= 11 is 12.1. The third kappa shape index (κ3) is 4.90. The number of benzene rings is 3. The number of carbonyl (C=O) groups is 1. The van der Waals surface area contributed by atoms with Crippen LogP contribution in [0.25, 0.3) is 0 Å². The predicted octanol–water partition coefficient (Wildman–Crippen LogP) is 5.19. The minimum Gasteiger partial charge on any atom is -0.375 e. The molecule has 0 saturated heterocycles. The number of hydrogen-bond acceptors (Lipinski definition) is 4. The van der Waals surface area contributed by atoms with E-state index in [9.17, 15) is 13.2 Å². The van der Waals surface area contributed by atoms with Gasteiger partial charge in [0.2, 0.25) is 15.7 Å². The SMILES string of the molecule is Cc1cc(Cl)ccc1NC(=O)CNc1cccc(Cl)c1S(=O)(=O)c1ccccc1. The molecule has 0 aliphatic carbocycles. The molecule has 0 unspecified atom stereocenters. The summed E-state index contributed by atoms with van der Waals surface area (Å²) in [6.07, 6.45) is 0. The molecule has 0 saturated carbocycles. The van der Waals surface area contributed by atoms with Crippen molar-refractivity contribution in [1.29, 1.82) is 0 Å². The highest BCUT2D eigenvalue weighted by Gasteiger charge is 2.24. The Hall–Kier alpha value is -2.54. The molecule has 5 nitrogen and oxygen atoms in total. The summed E-state index contributed by atoms with van der Waals surface area (Å²) in [4.78, 5) is 12.4. The number of sulfone groups is 1. The number of aryl methyl sites for hydroxylation is 1. The summed E-state index contributed by atoms with van der Waals surface area (Å²) in [5, 5.41) is 6.30. The van der Waals surface area contributed by atoms with Crippen molar-refractivity contribution in [3.05, 3.63) is 82.3 Å². The fourth-order valence-electron chi connectivity index (χ4n) is 2.78. The number of amides is 1. The van der Waals surface area contributed by atoms with Crippen molar-refractivity contribution in [1.82, 2.24) is 0 Å². The van der Waals surface area contributed by atoms with Crippen LogP contribution in [-0.2, 0) is 14.6 Å². The van der Waals surface area contributed by atoms with Crippen molar-refractivity contribution in [3.8, 4) is 0 Å². The average molecular weight is 449 g/mol. The zero-order valence-corrected chi connectivity index (χ0v) is 17.8. The number of carbonyl (C=O) groups excluding carboxylic acids is 1. The molecule has 2 N–H and O–H groups in total. The van der Waals surface area contributed by atoms with Crippen LogP contribution in [0.15, 0.2) is 76.5 Å². The largest absolute Gasteiger partial charge is 0.375 e. The van der Waals surface area contributed by atoms with Gasteiger partial charge in [0.15, 0.2) is 0 Å². The highest BCUT2D eigenvalue weighted by atomic mass is 35.5. The standard InChI is InChI=1S/C21H18Cl2N2O3S/c1-14-12-15(22)10-11-18(14)25-20(26)13-24-19-9-5-8-17(23)21(19)29(27,28)16-6-3-2-4-7-16/h2-12,24H,13H2,1H3,(H,25,26). The van der Waals surface area contributed by atoms with Crippen LogP contribution in [0, 0.1) is 6.92 Å². The lowest BCUT2D eigenvalue weighted by Gasteiger charge is -2.15. The van der Waals surface area contributed by atoms with Crippen LogP contribution < -0.4 is 10.6 Å². The Kier molecular flexibility index (Phi) is 6.47. The van der Waals surface area contributed by atoms with E-state index >= 15 is 0 Å². The molecule has 0 aliphatic heterocycles. The summed E-state index contributed by atoms with van der Waals surface area (Å²) < 4.78 is 26.1. The van der Waals surface area contributed by atoms with Gasteiger partial charge in [-0.2, -0.15) is 0 Å². The first-order valence-corrected chi connectivity index (χ1v) is 10.9. The molecule has 0 radical (unpaired) electrons. The predicted molar refractivity (Wildman–Crippen MR) is 117 cm³/mol. The van der Waals surface area contributed by atoms with Crippen LogP contribution in [0.5, 0.6) is 0 Å². The maximum absolute atomic E-state index is 13.1. The van der Waals surface area contributed by atoms with Crippen LogP contribution in [0.1, 0.15) is 5.56 Å². The Bertz CT molecular complexity index is 1150. The van der Waals surface area contributed by atoms with Crippen molar-refractivity contribution in [3.63, 3.8) is 0 Å². The van der Waals surface area contributed by atoms with E-state index in [0.29, 0.717) is 10.7 Å². The highest BCUT2D eigenvalue weighted by molar-refractivity contribution is 7.91. The van der Waals surface area contributed by atoms with Crippen molar-refractivity contribution < 1.29 is 13.2 Å². The minimum absolute atomic E-state index is 0.0664. The minimum atomic E-state index is -3.86. The topological polar surface area (TPSA) is 75.3 Å². The van der Waals surface area contributed by atoms with Crippen LogP contribution in [0.2, 0.25) is 10.0 Å². The molecule has 29 heavy (non-hydrogen) atoms. The molecule has 3 rings (SSSR count). The zero-order valence-electron chi connectivity index (χ0n) is 15.4. The van der Waals surface area contributed by atoms with Gasteiger partial charge in [-0.25, -0.2) is 8.42 Å². The quantitative estimate of drug-likeness (QED) is 0.544. The lowest BCUT2D eigenvalue weighted by Crippen LogP contribution is -2.23. The molecule has 0 fully saturated rings. The van der Waals surface area contributed by atoms with E-state index in [4.69, 9.17) is 23.2 Å². The molecule has 0 bridgehead atoms. The first-order valence-electron chi connectivity index (χ1n) is 8.67. The molecule has 3 aromatic carbocycles. The third-order valence-electron chi connectivity index (χ3n) is 4.19. The smallest absolute Gasteiger partial charge is 0.243 e. The molecule has 1 amide bonds. The lowest BCUT2D eigenvalue weighted by molar-refractivity contribution is -0.114. The monoisotopic (exact) mass is 448 g/mol. The van der Waals surface area contributed by atoms with Gasteiger partial charge in [-0.05, 0) is 55.0 Å². The van der Waals surface area contributed by atoms with Crippen molar-refractivity contribution in [2.24, 2.45) is 0 Å². The Balaban J connectivity index is 1.82. The normalized spacial score (nSPS) is 11.1. The van der Waals surface area contributed by atoms with Crippen molar-refractivity contribution >= 4 is 50.3 Å². The van der Waals surface area contributed by atoms with Gasteiger partial charge in [0.1, 0.15) is 4.90 Å². The van der Waals surface area contributed by atoms with E-state index in [-0.39, 0.29) is 33.0 Å². The van der Waals surface area contributed by atoms with Crippen LogP contribution >= 0.6 is 23.2 Å². The molecule has 150 valence electrons. The first-order chi connectivity index (χ1) is 13.8. The number of nitrogens with one attached hydrogen (secondary N) is 2. The van der Waals surface area contributed by atoms with Crippen molar-refractivity contribution in [2.45, 2.75) is 16.7 Å². The van der Waals surface area contributed by atoms with Gasteiger partial charge in [0.25, 0.3) is 0 Å². The molecule has 0 heterocycles. The fraction of sp³-hybridized carbons (Fsp3) is 0.0952. The molecule has 0 aliphatic rings. The average Bonchev–Trinajstić information content (AvgIpc) is 2.69. The maximum atomic E-state index is 13.1. The van der Waals surface area contributed by atoms with E-state index < -0.39 is 9.84 Å². The second-order valence-corrected chi connectivity index (χ2v) is 9.02. The second kappa shape index (κ2) is 8.86. The molecule has 3 aromatic rings. The summed E-state index contributed by atoms with van der Waals surface area (Å²) in [6, 6.07) is 17.8. The maximum Gasteiger partial charge on any atom is 0.243 e. The Labute approximate surface area is 179 Å². The first kappa shape index (κ1) is 21.2. The molecule has 0 spiro atoms. The Morgan fingerprint density at radius 2 is 1.66 bits per heavy atom. The number of hydrogen-bond donors (Lipinski definition) is 2. The van der Waals surface area contributed by atoms with Crippen molar-refractivity contribution in [2.75, 3.05) is 17.2 Å². The Morgan fingerprint density at radius 3 is 2.34 bits per heavy atom. The van der Waals surface area contributed by atoms with E-state index in [1.165, 1.54) is 18.2 Å². The van der Waals surface area contributed by atoms with Crippen LogP contribution in [0.4, 0.5) is 11.4 Å². The van der Waals surface area contributed by atoms with E-state index in [0.717, 1.165) is 5.56 Å². The van der Waals surface area contributed by atoms with Gasteiger partial charge in [-0.1, -0.05) is 47.5 Å². The molecule has 0 aromatic heterocycles. The number of anilines is 2. The number of halogens is 2. The summed E-state index contributed by atoms with van der Waals surface area (Å²) in [5.74, 6) is -0.335. The van der Waals surface area contributed by atoms with Gasteiger partial charge >= 0.3 is 0 Å². The van der Waals surface area contributed by atoms with Gasteiger partial charge in [-0.3, -0.25) is 4.79 Å². The summed E-state index contributed by atoms with van der Waals surface area (Å²) in [5.41, 5.74) is 1.70. The molecule has 0 atom stereocenters. The molecular weight excluding hydrogens is 431 g/mol. The van der Waals surface area contributed by atoms with E-state index in [1.54, 1.807) is 48.5 Å². The summed E-state index contributed by atoms with van der Waals surface area (Å²) in [6.45, 7) is 1.69. The second-order valence-electron chi connectivity index (χ2n) is 6.29. The third-order valence-corrected chi connectivity index (χ3v) is 6.72. The van der Waals surface area contributed by atoms with Gasteiger partial charge in [0, 0.05) is 10.7 Å². The number of rotatable bonds is 6. The summed E-state index contributed by atoms with van der Waals surface area (Å²) in [7, 11) is -3.86. The van der Waals surface area contributed by atoms with Gasteiger partial charge in [0.05, 0.1) is 22.2 Å². The van der Waals surface area contributed by atoms with E-state index in [1.807, 2.05) is 6.92 Å². The fourth-order valence-corrected chi connectivity index (χ4v) is 4.99. The zero-order chi connectivity index (χ0) is 21.0.